The van der Waals surface area contributed by atoms with E-state index in [-0.39, 0.29) is 17.8 Å². The summed E-state index contributed by atoms with van der Waals surface area (Å²) >= 11 is 5.70. The first-order valence-corrected chi connectivity index (χ1v) is 10.7. The molecule has 0 radical (unpaired) electrons. The van der Waals surface area contributed by atoms with Gasteiger partial charge in [0.1, 0.15) is 17.6 Å². The molecular weight excluding hydrogens is 438 g/mol. The molecular formula is C24H19N5O3S. The zero-order valence-corrected chi connectivity index (χ0v) is 18.2. The minimum atomic E-state index is -0.420. The van der Waals surface area contributed by atoms with Gasteiger partial charge in [0.15, 0.2) is 5.11 Å². The van der Waals surface area contributed by atoms with Crippen molar-refractivity contribution in [1.82, 2.24) is 20.2 Å². The topological polar surface area (TPSA) is 97.3 Å². The van der Waals surface area contributed by atoms with Crippen LogP contribution >= 0.6 is 12.2 Å². The molecule has 1 aliphatic rings. The molecule has 8 nitrogen and oxygen atoms in total. The summed E-state index contributed by atoms with van der Waals surface area (Å²) in [5, 5.41) is 15.0. The standard InChI is InChI=1S/C24H19N5O3S/c30-29(31)18-6-4-17(5-7-18)20-8-9-21(32-20)23-22(19-3-1-2-12-26-19)27-24(33)28(23)15-16-10-13-25-14-11-16/h1-14,22-23H,15H2,(H,27,33)/t22-,23-/m1/s1. The van der Waals surface area contributed by atoms with Crippen LogP contribution in [-0.2, 0) is 6.54 Å². The number of nitrogens with one attached hydrogen (secondary N) is 1. The quantitative estimate of drug-likeness (QED) is 0.250. The molecule has 2 atom stereocenters. The maximum atomic E-state index is 11.0. The number of hydrogen-bond acceptors (Lipinski definition) is 6. The van der Waals surface area contributed by atoms with Crippen LogP contribution in [0.25, 0.3) is 11.3 Å². The molecule has 9 heteroatoms. The molecule has 1 aliphatic heterocycles. The molecule has 0 bridgehead atoms. The summed E-state index contributed by atoms with van der Waals surface area (Å²) in [4.78, 5) is 21.3. The summed E-state index contributed by atoms with van der Waals surface area (Å²) in [5.74, 6) is 1.35. The number of thiocarbonyl (C=S) groups is 1. The molecule has 33 heavy (non-hydrogen) atoms. The normalized spacial score (nSPS) is 17.7. The third-order valence-corrected chi connectivity index (χ3v) is 5.93. The highest BCUT2D eigenvalue weighted by Crippen LogP contribution is 2.41. The fourth-order valence-electron chi connectivity index (χ4n) is 3.98. The molecule has 4 heterocycles. The largest absolute Gasteiger partial charge is 0.459 e. The SMILES string of the molecule is O=[N+]([O-])c1ccc(-c2ccc([C@@H]3[C@@H](c4ccccn4)NC(=S)N3Cc3ccncc3)o2)cc1. The van der Waals surface area contributed by atoms with Crippen LogP contribution < -0.4 is 5.32 Å². The fraction of sp³-hybridized carbons (Fsp3) is 0.125. The van der Waals surface area contributed by atoms with Crippen molar-refractivity contribution in [2.75, 3.05) is 0 Å². The van der Waals surface area contributed by atoms with Gasteiger partial charge in [-0.15, -0.1) is 0 Å². The van der Waals surface area contributed by atoms with Crippen LogP contribution in [0.5, 0.6) is 0 Å². The van der Waals surface area contributed by atoms with Gasteiger partial charge in [-0.2, -0.15) is 0 Å². The summed E-state index contributed by atoms with van der Waals surface area (Å²) in [5.41, 5.74) is 2.73. The fourth-order valence-corrected chi connectivity index (χ4v) is 4.29. The van der Waals surface area contributed by atoms with Crippen molar-refractivity contribution in [1.29, 1.82) is 0 Å². The highest BCUT2D eigenvalue weighted by atomic mass is 32.1. The lowest BCUT2D eigenvalue weighted by Crippen LogP contribution is -2.29. The van der Waals surface area contributed by atoms with Crippen LogP contribution in [0.2, 0.25) is 0 Å². The zero-order chi connectivity index (χ0) is 22.8. The molecule has 5 rings (SSSR count). The van der Waals surface area contributed by atoms with E-state index in [2.05, 4.69) is 20.2 Å². The van der Waals surface area contributed by atoms with Crippen molar-refractivity contribution in [3.05, 3.63) is 112 Å². The summed E-state index contributed by atoms with van der Waals surface area (Å²) in [7, 11) is 0. The number of rotatable bonds is 6. The Bertz CT molecular complexity index is 1280. The Morgan fingerprint density at radius 2 is 1.82 bits per heavy atom. The Balaban J connectivity index is 1.51. The minimum absolute atomic E-state index is 0.0367. The Hall–Kier alpha value is -4.11. The molecule has 1 N–H and O–H groups in total. The summed E-state index contributed by atoms with van der Waals surface area (Å²) in [6, 6.07) is 19.4. The van der Waals surface area contributed by atoms with Crippen molar-refractivity contribution in [2.24, 2.45) is 0 Å². The molecule has 4 aromatic rings. The molecule has 3 aromatic heterocycles. The van der Waals surface area contributed by atoms with E-state index in [9.17, 15) is 10.1 Å². The van der Waals surface area contributed by atoms with Crippen LogP contribution in [0.15, 0.2) is 89.7 Å². The van der Waals surface area contributed by atoms with Gasteiger partial charge in [-0.25, -0.2) is 0 Å². The maximum Gasteiger partial charge on any atom is 0.269 e. The number of nitro groups is 1. The third kappa shape index (κ3) is 4.18. The van der Waals surface area contributed by atoms with Crippen molar-refractivity contribution in [3.63, 3.8) is 0 Å². The zero-order valence-electron chi connectivity index (χ0n) is 17.4. The van der Waals surface area contributed by atoms with E-state index in [0.717, 1.165) is 22.6 Å². The number of pyridine rings is 2. The Kier molecular flexibility index (Phi) is 5.54. The van der Waals surface area contributed by atoms with E-state index in [1.54, 1.807) is 30.7 Å². The molecule has 164 valence electrons. The molecule has 0 spiro atoms. The number of benzene rings is 1. The van der Waals surface area contributed by atoms with Crippen molar-refractivity contribution >= 4 is 23.0 Å². The minimum Gasteiger partial charge on any atom is -0.459 e. The third-order valence-electron chi connectivity index (χ3n) is 5.58. The Morgan fingerprint density at radius 3 is 2.52 bits per heavy atom. The number of non-ortho nitro benzene ring substituents is 1. The average Bonchev–Trinajstić information content (AvgIpc) is 3.45. The van der Waals surface area contributed by atoms with Gasteiger partial charge in [0.05, 0.1) is 16.7 Å². The number of nitrogens with zero attached hydrogens (tertiary/aromatic N) is 4. The Labute approximate surface area is 195 Å². The van der Waals surface area contributed by atoms with Gasteiger partial charge >= 0.3 is 0 Å². The van der Waals surface area contributed by atoms with Crippen LogP contribution in [0.1, 0.15) is 29.1 Å². The second kappa shape index (κ2) is 8.79. The van der Waals surface area contributed by atoms with Crippen LogP contribution in [0, 0.1) is 10.1 Å². The first-order valence-electron chi connectivity index (χ1n) is 10.3. The van der Waals surface area contributed by atoms with Crippen LogP contribution in [-0.4, -0.2) is 24.9 Å². The molecule has 1 aromatic carbocycles. The van der Waals surface area contributed by atoms with Gasteiger partial charge in [0.25, 0.3) is 5.69 Å². The molecule has 0 aliphatic carbocycles. The van der Waals surface area contributed by atoms with Gasteiger partial charge in [-0.05, 0) is 66.3 Å². The molecule has 0 unspecified atom stereocenters. The smallest absolute Gasteiger partial charge is 0.269 e. The average molecular weight is 458 g/mol. The van der Waals surface area contributed by atoms with E-state index >= 15 is 0 Å². The van der Waals surface area contributed by atoms with Gasteiger partial charge in [0, 0.05) is 42.8 Å². The second-order valence-electron chi connectivity index (χ2n) is 7.62. The molecule has 1 fully saturated rings. The highest BCUT2D eigenvalue weighted by molar-refractivity contribution is 7.80. The van der Waals surface area contributed by atoms with Crippen molar-refractivity contribution < 1.29 is 9.34 Å². The van der Waals surface area contributed by atoms with E-state index in [4.69, 9.17) is 16.6 Å². The van der Waals surface area contributed by atoms with Crippen LogP contribution in [0.3, 0.4) is 0 Å². The predicted molar refractivity (Wildman–Crippen MR) is 126 cm³/mol. The lowest BCUT2D eigenvalue weighted by Gasteiger charge is -2.26. The van der Waals surface area contributed by atoms with Crippen molar-refractivity contribution in [2.45, 2.75) is 18.6 Å². The predicted octanol–water partition coefficient (Wildman–Crippen LogP) is 4.82. The number of furan rings is 1. The van der Waals surface area contributed by atoms with Crippen molar-refractivity contribution in [3.8, 4) is 11.3 Å². The number of hydrogen-bond donors (Lipinski definition) is 1. The van der Waals surface area contributed by atoms with E-state index in [1.165, 1.54) is 12.1 Å². The van der Waals surface area contributed by atoms with Gasteiger partial charge in [-0.3, -0.25) is 20.1 Å². The first kappa shape index (κ1) is 20.8. The monoisotopic (exact) mass is 457 g/mol. The highest BCUT2D eigenvalue weighted by Gasteiger charge is 2.41. The van der Waals surface area contributed by atoms with Gasteiger partial charge in [0.2, 0.25) is 0 Å². The van der Waals surface area contributed by atoms with Crippen LogP contribution in [0.4, 0.5) is 5.69 Å². The Morgan fingerprint density at radius 1 is 1.03 bits per heavy atom. The maximum absolute atomic E-state index is 11.0. The lowest BCUT2D eigenvalue weighted by molar-refractivity contribution is -0.384. The molecule has 1 saturated heterocycles. The number of nitro benzene ring substituents is 1. The van der Waals surface area contributed by atoms with Gasteiger partial charge in [-0.1, -0.05) is 6.07 Å². The first-order chi connectivity index (χ1) is 16.1. The molecule has 0 amide bonds. The number of aromatic nitrogens is 2. The van der Waals surface area contributed by atoms with E-state index < -0.39 is 4.92 Å². The molecule has 0 saturated carbocycles. The van der Waals surface area contributed by atoms with E-state index in [0.29, 0.717) is 17.4 Å². The summed E-state index contributed by atoms with van der Waals surface area (Å²) < 4.78 is 6.27. The van der Waals surface area contributed by atoms with Gasteiger partial charge < -0.3 is 14.6 Å². The second-order valence-corrected chi connectivity index (χ2v) is 8.00. The van der Waals surface area contributed by atoms with E-state index in [1.807, 2.05) is 42.5 Å². The summed E-state index contributed by atoms with van der Waals surface area (Å²) in [6.07, 6.45) is 5.27. The lowest BCUT2D eigenvalue weighted by atomic mass is 10.0. The summed E-state index contributed by atoms with van der Waals surface area (Å²) in [6.45, 7) is 0.579.